The Morgan fingerprint density at radius 2 is 0.510 bits per heavy atom. The van der Waals surface area contributed by atoms with E-state index in [2.05, 4.69) is 13.8 Å². The predicted molar refractivity (Wildman–Crippen MR) is 205 cm³/mol. The van der Waals surface area contributed by atoms with Gasteiger partial charge in [0.2, 0.25) is 0 Å². The van der Waals surface area contributed by atoms with Crippen molar-refractivity contribution in [2.75, 3.05) is 0 Å². The third-order valence-corrected chi connectivity index (χ3v) is 9.91. The maximum Gasteiger partial charge on any atom is 2.00 e. The van der Waals surface area contributed by atoms with Crippen LogP contribution in [0.15, 0.2) is 0 Å². The van der Waals surface area contributed by atoms with E-state index >= 15 is 0 Å². The Labute approximate surface area is 334 Å². The maximum atomic E-state index is 10.7. The minimum absolute atomic E-state index is 0. The number of hydrogen-bond acceptors (Lipinski definition) is 6. The van der Waals surface area contributed by atoms with Gasteiger partial charge in [-0.25, -0.2) is 0 Å². The molecular formula is C42H82CaO6. The normalized spacial score (nSPS) is 13.5. The molecule has 0 aromatic rings. The molecule has 0 aromatic heterocycles. The number of carboxylic acid groups (broad SMARTS) is 2. The first-order valence-corrected chi connectivity index (χ1v) is 20.9. The average Bonchev–Trinajstić information content (AvgIpc) is 3.04. The quantitative estimate of drug-likeness (QED) is 0.0491. The van der Waals surface area contributed by atoms with E-state index < -0.39 is 23.1 Å². The largest absolute Gasteiger partial charge is 2.00 e. The van der Waals surface area contributed by atoms with E-state index in [1.165, 1.54) is 181 Å². The second-order valence-electron chi connectivity index (χ2n) is 15.2. The Hall–Kier alpha value is 0.120. The summed E-state index contributed by atoms with van der Waals surface area (Å²) in [6.07, 6.45) is 42.0. The fourth-order valence-electron chi connectivity index (χ4n) is 6.24. The number of hydrogen-bond donors (Lipinski definition) is 2. The Kier molecular flexibility index (Phi) is 42.9. The van der Waals surface area contributed by atoms with E-state index in [9.17, 15) is 30.0 Å². The van der Waals surface area contributed by atoms with Crippen LogP contribution in [-0.4, -0.2) is 71.1 Å². The summed E-state index contributed by atoms with van der Waals surface area (Å²) in [4.78, 5) is 21.3. The molecular weight excluding hydrogens is 641 g/mol. The molecule has 0 fully saturated rings. The molecule has 0 aromatic carbocycles. The van der Waals surface area contributed by atoms with Crippen LogP contribution < -0.4 is 10.2 Å². The molecule has 0 aliphatic carbocycles. The van der Waals surface area contributed by atoms with Crippen LogP contribution in [0.1, 0.15) is 246 Å². The number of rotatable bonds is 36. The zero-order chi connectivity index (χ0) is 36.2. The molecule has 0 bridgehead atoms. The van der Waals surface area contributed by atoms with Crippen molar-refractivity contribution < 1.29 is 30.0 Å². The fraction of sp³-hybridized carbons (Fsp3) is 0.952. The predicted octanol–water partition coefficient (Wildman–Crippen LogP) is 9.90. The van der Waals surface area contributed by atoms with Crippen molar-refractivity contribution >= 4 is 49.7 Å². The first-order valence-electron chi connectivity index (χ1n) is 20.9. The van der Waals surface area contributed by atoms with Crippen molar-refractivity contribution in [1.82, 2.24) is 0 Å². The third kappa shape index (κ3) is 40.7. The van der Waals surface area contributed by atoms with Gasteiger partial charge in [-0.15, -0.1) is 0 Å². The van der Waals surface area contributed by atoms with Gasteiger partial charge in [0.05, 0.1) is 11.9 Å². The molecule has 0 radical (unpaired) electrons. The Balaban J connectivity index is -0.000000846. The Bertz CT molecular complexity index is 639. The number of unbranched alkanes of at least 4 members (excludes halogenated alkanes) is 30. The van der Waals surface area contributed by atoms with Crippen LogP contribution in [0.2, 0.25) is 0 Å². The number of aliphatic hydroxyl groups is 2. The Morgan fingerprint density at radius 3 is 0.653 bits per heavy atom. The van der Waals surface area contributed by atoms with Gasteiger partial charge < -0.3 is 30.0 Å². The molecule has 0 amide bonds. The van der Waals surface area contributed by atoms with Crippen LogP contribution in [0.3, 0.4) is 0 Å². The number of aliphatic carboxylic acids is 2. The first-order chi connectivity index (χ1) is 23.0. The summed E-state index contributed by atoms with van der Waals surface area (Å²) in [5.74, 6) is -2.72. The van der Waals surface area contributed by atoms with E-state index in [1.54, 1.807) is 0 Å². The van der Waals surface area contributed by atoms with Crippen LogP contribution in [-0.2, 0) is 9.59 Å². The van der Waals surface area contributed by atoms with E-state index in [0.29, 0.717) is 12.8 Å². The van der Waals surface area contributed by atoms with Gasteiger partial charge in [-0.3, -0.25) is 0 Å². The van der Waals surface area contributed by atoms with Crippen LogP contribution >= 0.6 is 0 Å². The van der Waals surface area contributed by atoms with E-state index in [0.717, 1.165) is 38.5 Å². The SMILES string of the molecule is CCCCCCCCCCCCCCCCCCC(C)(O)C(=O)[O-].CCCCCCCCCCCCCCCCCCC(C)(O)C(=O)[O-].[Ca+2]. The minimum Gasteiger partial charge on any atom is -0.547 e. The van der Waals surface area contributed by atoms with Crippen molar-refractivity contribution in [3.63, 3.8) is 0 Å². The molecule has 49 heavy (non-hydrogen) atoms. The topological polar surface area (TPSA) is 121 Å². The number of carboxylic acids is 2. The molecule has 2 unspecified atom stereocenters. The number of carbonyl (C=O) groups is 2. The summed E-state index contributed by atoms with van der Waals surface area (Å²) in [7, 11) is 0. The molecule has 2 atom stereocenters. The summed E-state index contributed by atoms with van der Waals surface area (Å²) in [5, 5.41) is 40.4. The van der Waals surface area contributed by atoms with Gasteiger partial charge in [0.25, 0.3) is 0 Å². The minimum atomic E-state index is -1.66. The van der Waals surface area contributed by atoms with Crippen molar-refractivity contribution in [2.24, 2.45) is 0 Å². The van der Waals surface area contributed by atoms with Crippen molar-refractivity contribution in [2.45, 2.75) is 257 Å². The van der Waals surface area contributed by atoms with Crippen molar-refractivity contribution in [3.05, 3.63) is 0 Å². The van der Waals surface area contributed by atoms with E-state index in [-0.39, 0.29) is 37.7 Å². The van der Waals surface area contributed by atoms with Gasteiger partial charge in [0.15, 0.2) is 0 Å². The van der Waals surface area contributed by atoms with Crippen molar-refractivity contribution in [1.29, 1.82) is 0 Å². The average molecular weight is 723 g/mol. The van der Waals surface area contributed by atoms with Crippen LogP contribution in [0, 0.1) is 0 Å². The standard InChI is InChI=1S/2C21H42O3.Ca/c2*1-3-4-5-6-7-8-9-10-11-12-13-14-15-16-17-18-19-21(2,24)20(22)23;/h2*24H,3-19H2,1-2H3,(H,22,23);/q;;+2/p-2. The van der Waals surface area contributed by atoms with Crippen molar-refractivity contribution in [3.8, 4) is 0 Å². The van der Waals surface area contributed by atoms with Gasteiger partial charge in [-0.2, -0.15) is 0 Å². The maximum absolute atomic E-state index is 10.7. The van der Waals surface area contributed by atoms with Crippen LogP contribution in [0.25, 0.3) is 0 Å². The monoisotopic (exact) mass is 723 g/mol. The summed E-state index contributed by atoms with van der Waals surface area (Å²) >= 11 is 0. The van der Waals surface area contributed by atoms with Gasteiger partial charge in [-0.1, -0.05) is 219 Å². The van der Waals surface area contributed by atoms with E-state index in [4.69, 9.17) is 0 Å². The zero-order valence-electron chi connectivity index (χ0n) is 33.3. The second-order valence-corrected chi connectivity index (χ2v) is 15.2. The molecule has 288 valence electrons. The summed E-state index contributed by atoms with van der Waals surface area (Å²) in [6.45, 7) is 7.19. The molecule has 0 heterocycles. The van der Waals surface area contributed by atoms with Crippen LogP contribution in [0.4, 0.5) is 0 Å². The summed E-state index contributed by atoms with van der Waals surface area (Å²) < 4.78 is 0. The smallest absolute Gasteiger partial charge is 0.547 e. The third-order valence-electron chi connectivity index (χ3n) is 9.91. The number of carbonyl (C=O) groups excluding carboxylic acids is 2. The first kappa shape index (κ1) is 53.5. The summed E-state index contributed by atoms with van der Waals surface area (Å²) in [6, 6.07) is 0. The van der Waals surface area contributed by atoms with Crippen LogP contribution in [0.5, 0.6) is 0 Å². The Morgan fingerprint density at radius 1 is 0.367 bits per heavy atom. The molecule has 7 heteroatoms. The van der Waals surface area contributed by atoms with Gasteiger partial charge in [0.1, 0.15) is 11.2 Å². The summed E-state index contributed by atoms with van der Waals surface area (Å²) in [5.41, 5.74) is -3.31. The molecule has 0 saturated carbocycles. The molecule has 0 aliphatic rings. The van der Waals surface area contributed by atoms with Gasteiger partial charge in [0, 0.05) is 0 Å². The second kappa shape index (κ2) is 39.3. The molecule has 0 saturated heterocycles. The fourth-order valence-corrected chi connectivity index (χ4v) is 6.24. The van der Waals surface area contributed by atoms with Gasteiger partial charge in [-0.05, 0) is 26.7 Å². The molecule has 0 rings (SSSR count). The molecule has 0 spiro atoms. The molecule has 2 N–H and O–H groups in total. The molecule has 0 aliphatic heterocycles. The van der Waals surface area contributed by atoms with E-state index in [1.807, 2.05) is 0 Å². The van der Waals surface area contributed by atoms with Gasteiger partial charge >= 0.3 is 37.7 Å². The zero-order valence-corrected chi connectivity index (χ0v) is 35.5. The molecule has 6 nitrogen and oxygen atoms in total.